The molecule has 20 heavy (non-hydrogen) atoms. The summed E-state index contributed by atoms with van der Waals surface area (Å²) in [6.45, 7) is 3.88. The predicted octanol–water partition coefficient (Wildman–Crippen LogP) is 3.68. The van der Waals surface area contributed by atoms with E-state index in [2.05, 4.69) is 42.6 Å². The van der Waals surface area contributed by atoms with Crippen LogP contribution in [0.2, 0.25) is 0 Å². The second-order valence-corrected chi connectivity index (χ2v) is 4.89. The van der Waals surface area contributed by atoms with Gasteiger partial charge in [-0.3, -0.25) is 0 Å². The molecule has 2 nitrogen and oxygen atoms in total. The standard InChI is InChI=1S/C18H23NO/c1-2-19-17(15-16-9-5-3-6-10-16)13-14-20-18-11-7-4-8-12-18/h3-12,17,19H,2,13-15H2,1H3. The number of para-hydroxylation sites is 1. The molecule has 0 aliphatic rings. The molecule has 1 unspecified atom stereocenters. The van der Waals surface area contributed by atoms with Crippen molar-refractivity contribution in [1.82, 2.24) is 5.32 Å². The highest BCUT2D eigenvalue weighted by Gasteiger charge is 2.08. The summed E-state index contributed by atoms with van der Waals surface area (Å²) in [4.78, 5) is 0. The van der Waals surface area contributed by atoms with Crippen molar-refractivity contribution in [3.8, 4) is 5.75 Å². The van der Waals surface area contributed by atoms with E-state index in [1.807, 2.05) is 30.3 Å². The van der Waals surface area contributed by atoms with Crippen molar-refractivity contribution < 1.29 is 4.74 Å². The lowest BCUT2D eigenvalue weighted by Gasteiger charge is -2.18. The van der Waals surface area contributed by atoms with E-state index in [-0.39, 0.29) is 0 Å². The van der Waals surface area contributed by atoms with Crippen molar-refractivity contribution >= 4 is 0 Å². The van der Waals surface area contributed by atoms with Crippen LogP contribution < -0.4 is 10.1 Å². The van der Waals surface area contributed by atoms with Gasteiger partial charge in [-0.05, 0) is 37.1 Å². The first-order valence-corrected chi connectivity index (χ1v) is 7.33. The third-order valence-corrected chi connectivity index (χ3v) is 3.30. The van der Waals surface area contributed by atoms with E-state index >= 15 is 0 Å². The van der Waals surface area contributed by atoms with Gasteiger partial charge in [0.05, 0.1) is 6.61 Å². The van der Waals surface area contributed by atoms with Crippen LogP contribution in [0.25, 0.3) is 0 Å². The van der Waals surface area contributed by atoms with E-state index in [1.54, 1.807) is 0 Å². The summed E-state index contributed by atoms with van der Waals surface area (Å²) < 4.78 is 5.78. The lowest BCUT2D eigenvalue weighted by Crippen LogP contribution is -2.32. The van der Waals surface area contributed by atoms with Gasteiger partial charge in [0.25, 0.3) is 0 Å². The summed E-state index contributed by atoms with van der Waals surface area (Å²) in [5, 5.41) is 3.54. The molecule has 0 heterocycles. The SMILES string of the molecule is CCNC(CCOc1ccccc1)Cc1ccccc1. The van der Waals surface area contributed by atoms with Crippen LogP contribution in [0, 0.1) is 0 Å². The lowest BCUT2D eigenvalue weighted by molar-refractivity contribution is 0.285. The van der Waals surface area contributed by atoms with Crippen LogP contribution in [-0.2, 0) is 6.42 Å². The maximum atomic E-state index is 5.78. The fourth-order valence-corrected chi connectivity index (χ4v) is 2.30. The molecule has 1 N–H and O–H groups in total. The van der Waals surface area contributed by atoms with Crippen LogP contribution >= 0.6 is 0 Å². The molecule has 106 valence electrons. The third kappa shape index (κ3) is 5.06. The van der Waals surface area contributed by atoms with Gasteiger partial charge in [-0.2, -0.15) is 0 Å². The maximum absolute atomic E-state index is 5.78. The predicted molar refractivity (Wildman–Crippen MR) is 84.2 cm³/mol. The number of benzene rings is 2. The number of hydrogen-bond acceptors (Lipinski definition) is 2. The largest absolute Gasteiger partial charge is 0.494 e. The Labute approximate surface area is 121 Å². The van der Waals surface area contributed by atoms with Gasteiger partial charge in [0, 0.05) is 6.04 Å². The zero-order valence-electron chi connectivity index (χ0n) is 12.1. The number of ether oxygens (including phenoxy) is 1. The first-order valence-electron chi connectivity index (χ1n) is 7.33. The molecule has 1 atom stereocenters. The lowest BCUT2D eigenvalue weighted by atomic mass is 10.0. The summed E-state index contributed by atoms with van der Waals surface area (Å²) in [6, 6.07) is 21.1. The van der Waals surface area contributed by atoms with E-state index in [0.29, 0.717) is 6.04 Å². The summed E-state index contributed by atoms with van der Waals surface area (Å²) in [5.74, 6) is 0.947. The molecule has 2 heteroatoms. The quantitative estimate of drug-likeness (QED) is 0.789. The molecule has 0 radical (unpaired) electrons. The van der Waals surface area contributed by atoms with Gasteiger partial charge in [-0.1, -0.05) is 55.5 Å². The monoisotopic (exact) mass is 269 g/mol. The van der Waals surface area contributed by atoms with E-state index in [4.69, 9.17) is 4.74 Å². The second kappa shape index (κ2) is 8.39. The average Bonchev–Trinajstić information content (AvgIpc) is 2.49. The summed E-state index contributed by atoms with van der Waals surface area (Å²) in [7, 11) is 0. The molecule has 0 saturated carbocycles. The molecule has 2 rings (SSSR count). The number of hydrogen-bond donors (Lipinski definition) is 1. The van der Waals surface area contributed by atoms with Crippen LogP contribution in [0.1, 0.15) is 18.9 Å². The second-order valence-electron chi connectivity index (χ2n) is 4.89. The molecule has 0 aliphatic heterocycles. The highest BCUT2D eigenvalue weighted by Crippen LogP contribution is 2.10. The average molecular weight is 269 g/mol. The zero-order valence-corrected chi connectivity index (χ0v) is 12.1. The van der Waals surface area contributed by atoms with Crippen molar-refractivity contribution in [2.24, 2.45) is 0 Å². The molecule has 0 aromatic heterocycles. The fraction of sp³-hybridized carbons (Fsp3) is 0.333. The Morgan fingerprint density at radius 2 is 1.60 bits per heavy atom. The van der Waals surface area contributed by atoms with E-state index in [0.717, 1.165) is 31.7 Å². The Morgan fingerprint density at radius 3 is 2.25 bits per heavy atom. The normalized spacial score (nSPS) is 12.1. The minimum absolute atomic E-state index is 0.464. The topological polar surface area (TPSA) is 21.3 Å². The van der Waals surface area contributed by atoms with Crippen molar-refractivity contribution in [2.75, 3.05) is 13.2 Å². The van der Waals surface area contributed by atoms with Crippen molar-refractivity contribution in [1.29, 1.82) is 0 Å². The third-order valence-electron chi connectivity index (χ3n) is 3.30. The highest BCUT2D eigenvalue weighted by molar-refractivity contribution is 5.21. The van der Waals surface area contributed by atoms with E-state index in [1.165, 1.54) is 5.56 Å². The van der Waals surface area contributed by atoms with Gasteiger partial charge in [-0.25, -0.2) is 0 Å². The van der Waals surface area contributed by atoms with Gasteiger partial charge in [0.2, 0.25) is 0 Å². The van der Waals surface area contributed by atoms with Crippen LogP contribution in [-0.4, -0.2) is 19.2 Å². The molecule has 0 amide bonds. The van der Waals surface area contributed by atoms with E-state index in [9.17, 15) is 0 Å². The summed E-state index contributed by atoms with van der Waals surface area (Å²) in [5.41, 5.74) is 1.37. The van der Waals surface area contributed by atoms with Crippen LogP contribution in [0.3, 0.4) is 0 Å². The Hall–Kier alpha value is -1.80. The number of nitrogens with one attached hydrogen (secondary N) is 1. The van der Waals surface area contributed by atoms with Crippen molar-refractivity contribution in [3.63, 3.8) is 0 Å². The molecule has 0 fully saturated rings. The molecule has 0 bridgehead atoms. The molecular weight excluding hydrogens is 246 g/mol. The van der Waals surface area contributed by atoms with Gasteiger partial charge in [-0.15, -0.1) is 0 Å². The van der Waals surface area contributed by atoms with Crippen molar-refractivity contribution in [2.45, 2.75) is 25.8 Å². The van der Waals surface area contributed by atoms with Gasteiger partial charge in [0.1, 0.15) is 5.75 Å². The maximum Gasteiger partial charge on any atom is 0.119 e. The molecule has 2 aromatic rings. The highest BCUT2D eigenvalue weighted by atomic mass is 16.5. The first kappa shape index (κ1) is 14.6. The molecular formula is C18H23NO. The van der Waals surface area contributed by atoms with Crippen LogP contribution in [0.4, 0.5) is 0 Å². The number of likely N-dealkylation sites (N-methyl/N-ethyl adjacent to an activating group) is 1. The smallest absolute Gasteiger partial charge is 0.119 e. The Kier molecular flexibility index (Phi) is 6.12. The van der Waals surface area contributed by atoms with Gasteiger partial charge < -0.3 is 10.1 Å². The number of rotatable bonds is 8. The summed E-state index contributed by atoms with van der Waals surface area (Å²) >= 11 is 0. The minimum atomic E-state index is 0.464. The fourth-order valence-electron chi connectivity index (χ4n) is 2.30. The zero-order chi connectivity index (χ0) is 14.0. The Morgan fingerprint density at radius 1 is 0.950 bits per heavy atom. The molecule has 0 spiro atoms. The molecule has 0 aliphatic carbocycles. The van der Waals surface area contributed by atoms with Gasteiger partial charge in [0.15, 0.2) is 0 Å². The van der Waals surface area contributed by atoms with Crippen LogP contribution in [0.15, 0.2) is 60.7 Å². The molecule has 0 saturated heterocycles. The van der Waals surface area contributed by atoms with Crippen molar-refractivity contribution in [3.05, 3.63) is 66.2 Å². The van der Waals surface area contributed by atoms with E-state index < -0.39 is 0 Å². The van der Waals surface area contributed by atoms with Crippen LogP contribution in [0.5, 0.6) is 5.75 Å². The summed E-state index contributed by atoms with van der Waals surface area (Å²) in [6.07, 6.45) is 2.06. The first-order chi connectivity index (χ1) is 9.88. The Bertz CT molecular complexity index is 469. The Balaban J connectivity index is 1.80. The minimum Gasteiger partial charge on any atom is -0.494 e. The molecule has 2 aromatic carbocycles. The van der Waals surface area contributed by atoms with Gasteiger partial charge >= 0.3 is 0 Å².